The molecular formula is C14H11ClFO. The predicted molar refractivity (Wildman–Crippen MR) is 66.9 cm³/mol. The van der Waals surface area contributed by atoms with E-state index in [-0.39, 0.29) is 5.82 Å². The zero-order valence-electron chi connectivity index (χ0n) is 9.34. The zero-order valence-corrected chi connectivity index (χ0v) is 10.1. The van der Waals surface area contributed by atoms with Crippen molar-refractivity contribution in [2.45, 2.75) is 6.92 Å². The molecule has 0 N–H and O–H groups in total. The summed E-state index contributed by atoms with van der Waals surface area (Å²) < 4.78 is 19.3. The molecule has 1 radical (unpaired) electrons. The molecule has 0 amide bonds. The van der Waals surface area contributed by atoms with Crippen LogP contribution in [0.4, 0.5) is 4.39 Å². The number of ether oxygens (including phenoxy) is 1. The fourth-order valence-electron chi connectivity index (χ4n) is 1.65. The minimum Gasteiger partial charge on any atom is -0.493 e. The summed E-state index contributed by atoms with van der Waals surface area (Å²) in [5.74, 6) is 0.202. The predicted octanol–water partition coefficient (Wildman–Crippen LogP) is 4.34. The number of halogens is 2. The number of rotatable bonds is 3. The maximum Gasteiger partial charge on any atom is 0.134 e. The van der Waals surface area contributed by atoms with Gasteiger partial charge in [0.15, 0.2) is 0 Å². The molecule has 3 heteroatoms. The number of hydrogen-bond acceptors (Lipinski definition) is 1. The van der Waals surface area contributed by atoms with Gasteiger partial charge in [0.25, 0.3) is 0 Å². The monoisotopic (exact) mass is 249 g/mol. The van der Waals surface area contributed by atoms with Crippen LogP contribution in [0, 0.1) is 11.9 Å². The molecule has 0 aromatic heterocycles. The van der Waals surface area contributed by atoms with E-state index < -0.39 is 0 Å². The van der Waals surface area contributed by atoms with Crippen LogP contribution >= 0.6 is 11.6 Å². The number of hydrogen-bond donors (Lipinski definition) is 0. The van der Waals surface area contributed by atoms with Crippen molar-refractivity contribution in [2.75, 3.05) is 6.61 Å². The Balaban J connectivity index is 2.57. The highest BCUT2D eigenvalue weighted by Crippen LogP contribution is 2.33. The lowest BCUT2D eigenvalue weighted by Crippen LogP contribution is -1.96. The molecule has 0 unspecified atom stereocenters. The normalized spacial score (nSPS) is 10.3. The van der Waals surface area contributed by atoms with Crippen LogP contribution in [0.15, 0.2) is 36.4 Å². The van der Waals surface area contributed by atoms with E-state index in [1.165, 1.54) is 6.07 Å². The van der Waals surface area contributed by atoms with Crippen LogP contribution in [0.5, 0.6) is 5.75 Å². The molecule has 0 aliphatic heterocycles. The van der Waals surface area contributed by atoms with E-state index >= 15 is 0 Å². The lowest BCUT2D eigenvalue weighted by Gasteiger charge is -2.11. The van der Waals surface area contributed by atoms with E-state index in [1.54, 1.807) is 30.3 Å². The summed E-state index contributed by atoms with van der Waals surface area (Å²) in [6, 6.07) is 12.7. The molecule has 0 fully saturated rings. The average Bonchev–Trinajstić information content (AvgIpc) is 2.29. The fraction of sp³-hybridized carbons (Fsp3) is 0.143. The molecule has 0 spiro atoms. The second kappa shape index (κ2) is 5.19. The molecule has 0 atom stereocenters. The van der Waals surface area contributed by atoms with Crippen molar-refractivity contribution < 1.29 is 9.13 Å². The van der Waals surface area contributed by atoms with Gasteiger partial charge in [0.1, 0.15) is 11.6 Å². The summed E-state index contributed by atoms with van der Waals surface area (Å²) >= 11 is 5.86. The maximum atomic E-state index is 13.9. The Bertz CT molecular complexity index is 525. The van der Waals surface area contributed by atoms with Crippen LogP contribution in [0.1, 0.15) is 6.92 Å². The third kappa shape index (κ3) is 2.59. The highest BCUT2D eigenvalue weighted by Gasteiger charge is 2.11. The summed E-state index contributed by atoms with van der Waals surface area (Å²) in [6.07, 6.45) is 0. The summed E-state index contributed by atoms with van der Waals surface area (Å²) in [6.45, 7) is 2.35. The quantitative estimate of drug-likeness (QED) is 0.786. The van der Waals surface area contributed by atoms with Gasteiger partial charge in [-0.2, -0.15) is 0 Å². The zero-order chi connectivity index (χ0) is 12.3. The first kappa shape index (κ1) is 11.9. The van der Waals surface area contributed by atoms with E-state index in [0.29, 0.717) is 28.5 Å². The van der Waals surface area contributed by atoms with Gasteiger partial charge >= 0.3 is 0 Å². The van der Waals surface area contributed by atoms with Gasteiger partial charge in [0, 0.05) is 11.1 Å². The molecule has 87 valence electrons. The minimum atomic E-state index is -0.321. The third-order valence-corrected chi connectivity index (χ3v) is 2.55. The average molecular weight is 250 g/mol. The van der Waals surface area contributed by atoms with Crippen molar-refractivity contribution in [3.8, 4) is 16.9 Å². The van der Waals surface area contributed by atoms with Crippen molar-refractivity contribution in [3.05, 3.63) is 53.3 Å². The molecule has 0 bridgehead atoms. The molecule has 0 heterocycles. The molecule has 17 heavy (non-hydrogen) atoms. The SMILES string of the molecule is CCOc1cccc(F)c1-c1cc[c]c(Cl)c1. The van der Waals surface area contributed by atoms with E-state index in [0.717, 1.165) is 0 Å². The van der Waals surface area contributed by atoms with Crippen LogP contribution in [0.25, 0.3) is 11.1 Å². The van der Waals surface area contributed by atoms with E-state index in [1.807, 2.05) is 6.92 Å². The molecule has 2 rings (SSSR count). The first-order valence-electron chi connectivity index (χ1n) is 5.31. The Morgan fingerprint density at radius 2 is 2.18 bits per heavy atom. The Morgan fingerprint density at radius 1 is 1.35 bits per heavy atom. The Morgan fingerprint density at radius 3 is 2.88 bits per heavy atom. The van der Waals surface area contributed by atoms with Crippen LogP contribution < -0.4 is 4.74 Å². The van der Waals surface area contributed by atoms with Gasteiger partial charge in [0.2, 0.25) is 0 Å². The largest absolute Gasteiger partial charge is 0.493 e. The van der Waals surface area contributed by atoms with Gasteiger partial charge < -0.3 is 4.74 Å². The fourth-order valence-corrected chi connectivity index (χ4v) is 1.83. The van der Waals surface area contributed by atoms with E-state index in [9.17, 15) is 4.39 Å². The topological polar surface area (TPSA) is 9.23 Å². The van der Waals surface area contributed by atoms with Crippen LogP contribution in [0.3, 0.4) is 0 Å². The third-order valence-electron chi connectivity index (χ3n) is 2.33. The molecule has 0 saturated heterocycles. The van der Waals surface area contributed by atoms with Gasteiger partial charge in [-0.3, -0.25) is 0 Å². The van der Waals surface area contributed by atoms with Crippen LogP contribution in [0.2, 0.25) is 5.02 Å². The van der Waals surface area contributed by atoms with Gasteiger partial charge in [0.05, 0.1) is 12.2 Å². The van der Waals surface area contributed by atoms with Crippen molar-refractivity contribution in [1.29, 1.82) is 0 Å². The molecule has 0 aliphatic rings. The standard InChI is InChI=1S/C14H11ClFO/c1-2-17-13-8-4-7-12(16)14(13)10-5-3-6-11(15)9-10/h3-5,7-9H,2H2,1H3. The summed E-state index contributed by atoms with van der Waals surface area (Å²) in [4.78, 5) is 0. The maximum absolute atomic E-state index is 13.9. The highest BCUT2D eigenvalue weighted by molar-refractivity contribution is 6.30. The van der Waals surface area contributed by atoms with Gasteiger partial charge in [-0.05, 0) is 30.7 Å². The van der Waals surface area contributed by atoms with E-state index in [4.69, 9.17) is 16.3 Å². The molecule has 2 aromatic carbocycles. The summed E-state index contributed by atoms with van der Waals surface area (Å²) in [5.41, 5.74) is 1.13. The molecule has 2 aromatic rings. The molecule has 0 saturated carbocycles. The van der Waals surface area contributed by atoms with Crippen molar-refractivity contribution in [3.63, 3.8) is 0 Å². The Hall–Kier alpha value is -1.54. The number of benzene rings is 2. The molecule has 0 aliphatic carbocycles. The smallest absolute Gasteiger partial charge is 0.134 e. The van der Waals surface area contributed by atoms with Crippen molar-refractivity contribution >= 4 is 11.6 Å². The molecule has 1 nitrogen and oxygen atoms in total. The first-order valence-corrected chi connectivity index (χ1v) is 5.69. The lowest BCUT2D eigenvalue weighted by molar-refractivity contribution is 0.340. The Kier molecular flexibility index (Phi) is 3.64. The van der Waals surface area contributed by atoms with Crippen LogP contribution in [-0.2, 0) is 0 Å². The van der Waals surface area contributed by atoms with Crippen LogP contribution in [-0.4, -0.2) is 6.61 Å². The first-order chi connectivity index (χ1) is 8.22. The van der Waals surface area contributed by atoms with Crippen molar-refractivity contribution in [1.82, 2.24) is 0 Å². The summed E-state index contributed by atoms with van der Waals surface area (Å²) in [7, 11) is 0. The van der Waals surface area contributed by atoms with Gasteiger partial charge in [-0.1, -0.05) is 29.8 Å². The lowest BCUT2D eigenvalue weighted by atomic mass is 10.0. The molecular weight excluding hydrogens is 239 g/mol. The van der Waals surface area contributed by atoms with Crippen molar-refractivity contribution in [2.24, 2.45) is 0 Å². The second-order valence-corrected chi connectivity index (χ2v) is 3.88. The van der Waals surface area contributed by atoms with E-state index in [2.05, 4.69) is 6.07 Å². The second-order valence-electron chi connectivity index (χ2n) is 3.47. The van der Waals surface area contributed by atoms with Gasteiger partial charge in [-0.15, -0.1) is 0 Å². The summed E-state index contributed by atoms with van der Waals surface area (Å²) in [5, 5.41) is 0.452. The highest BCUT2D eigenvalue weighted by atomic mass is 35.5. The minimum absolute atomic E-state index is 0.321. The van der Waals surface area contributed by atoms with Gasteiger partial charge in [-0.25, -0.2) is 4.39 Å². The Labute approximate surface area is 105 Å².